The van der Waals surface area contributed by atoms with Crippen LogP contribution in [0.4, 0.5) is 11.6 Å². The van der Waals surface area contributed by atoms with Gasteiger partial charge in [-0.05, 0) is 57.5 Å². The number of para-hydroxylation sites is 2. The van der Waals surface area contributed by atoms with Gasteiger partial charge in [0.1, 0.15) is 18.1 Å². The number of anilines is 2. The van der Waals surface area contributed by atoms with Crippen LogP contribution in [-0.2, 0) is 9.59 Å². The summed E-state index contributed by atoms with van der Waals surface area (Å²) in [5.74, 6) is 1.51. The molecule has 2 heterocycles. The summed E-state index contributed by atoms with van der Waals surface area (Å²) < 4.78 is 18.8. The summed E-state index contributed by atoms with van der Waals surface area (Å²) in [5.41, 5.74) is 2.37. The average molecular weight is 535 g/mol. The van der Waals surface area contributed by atoms with E-state index in [2.05, 4.69) is 20.7 Å². The van der Waals surface area contributed by atoms with Gasteiger partial charge in [-0.25, -0.2) is 4.68 Å². The molecule has 206 valence electrons. The standard InChI is InChI=1S/C28H34N6O5/c1-6-33(7-2)24(35)16-39-22-14-13-19(15-23(22)37-5)26-25(18(4)31-28-29-17-30-34(26)28)27(36)32-20-11-9-10-12-21(20)38-8-3/h9-15,17,26H,6-8,16H2,1-5H3,(H,32,36)(H,29,30,31). The zero-order chi connectivity index (χ0) is 27.9. The molecule has 2 N–H and O–H groups in total. The van der Waals surface area contributed by atoms with E-state index in [1.54, 1.807) is 33.8 Å². The van der Waals surface area contributed by atoms with Crippen molar-refractivity contribution in [1.82, 2.24) is 19.7 Å². The van der Waals surface area contributed by atoms with Crippen LogP contribution in [0.2, 0.25) is 0 Å². The second-order valence-corrected chi connectivity index (χ2v) is 8.74. The molecular weight excluding hydrogens is 500 g/mol. The summed E-state index contributed by atoms with van der Waals surface area (Å²) in [5, 5.41) is 10.6. The number of nitrogens with zero attached hydrogens (tertiary/aromatic N) is 4. The molecule has 0 spiro atoms. The molecule has 1 aromatic heterocycles. The molecule has 0 saturated carbocycles. The number of carbonyl (C=O) groups excluding carboxylic acids is 2. The highest BCUT2D eigenvalue weighted by Gasteiger charge is 2.34. The Bertz CT molecular complexity index is 1360. The van der Waals surface area contributed by atoms with Gasteiger partial charge in [-0.1, -0.05) is 18.2 Å². The molecule has 0 fully saturated rings. The number of ether oxygens (including phenoxy) is 3. The first kappa shape index (κ1) is 27.5. The van der Waals surface area contributed by atoms with Crippen molar-refractivity contribution in [3.63, 3.8) is 0 Å². The van der Waals surface area contributed by atoms with E-state index in [9.17, 15) is 9.59 Å². The van der Waals surface area contributed by atoms with Crippen LogP contribution in [0.5, 0.6) is 17.2 Å². The lowest BCUT2D eigenvalue weighted by Crippen LogP contribution is -2.34. The maximum absolute atomic E-state index is 13.7. The maximum Gasteiger partial charge on any atom is 0.260 e. The fraction of sp³-hybridized carbons (Fsp3) is 0.357. The number of benzene rings is 2. The Hall–Kier alpha value is -4.54. The third kappa shape index (κ3) is 5.82. The molecule has 1 aliphatic rings. The third-order valence-electron chi connectivity index (χ3n) is 6.44. The van der Waals surface area contributed by atoms with Crippen molar-refractivity contribution in [2.45, 2.75) is 33.7 Å². The number of aromatic nitrogens is 3. The molecule has 39 heavy (non-hydrogen) atoms. The first-order valence-corrected chi connectivity index (χ1v) is 12.9. The molecule has 11 heteroatoms. The molecule has 0 bridgehead atoms. The highest BCUT2D eigenvalue weighted by Crippen LogP contribution is 2.39. The third-order valence-corrected chi connectivity index (χ3v) is 6.44. The smallest absolute Gasteiger partial charge is 0.260 e. The largest absolute Gasteiger partial charge is 0.493 e. The second kappa shape index (κ2) is 12.3. The van der Waals surface area contributed by atoms with Gasteiger partial charge < -0.3 is 29.7 Å². The van der Waals surface area contributed by atoms with Crippen molar-refractivity contribution in [2.24, 2.45) is 0 Å². The molecule has 2 aromatic carbocycles. The first-order chi connectivity index (χ1) is 18.9. The van der Waals surface area contributed by atoms with Crippen LogP contribution >= 0.6 is 0 Å². The Morgan fingerprint density at radius 3 is 2.54 bits per heavy atom. The second-order valence-electron chi connectivity index (χ2n) is 8.74. The zero-order valence-electron chi connectivity index (χ0n) is 22.9. The van der Waals surface area contributed by atoms with Gasteiger partial charge in [-0.3, -0.25) is 9.59 Å². The highest BCUT2D eigenvalue weighted by molar-refractivity contribution is 6.06. The molecular formula is C28H34N6O5. The molecule has 11 nitrogen and oxygen atoms in total. The van der Waals surface area contributed by atoms with Crippen LogP contribution in [0.25, 0.3) is 0 Å². The highest BCUT2D eigenvalue weighted by atomic mass is 16.5. The number of hydrogen-bond acceptors (Lipinski definition) is 8. The van der Waals surface area contributed by atoms with Crippen molar-refractivity contribution in [3.8, 4) is 17.2 Å². The Kier molecular flexibility index (Phi) is 8.70. The van der Waals surface area contributed by atoms with Crippen molar-refractivity contribution < 1.29 is 23.8 Å². The van der Waals surface area contributed by atoms with Crippen molar-refractivity contribution in [1.29, 1.82) is 0 Å². The van der Waals surface area contributed by atoms with E-state index in [1.165, 1.54) is 13.4 Å². The molecule has 3 aromatic rings. The van der Waals surface area contributed by atoms with E-state index in [0.717, 1.165) is 5.56 Å². The van der Waals surface area contributed by atoms with E-state index < -0.39 is 6.04 Å². The number of carbonyl (C=O) groups is 2. The minimum Gasteiger partial charge on any atom is -0.493 e. The Labute approximate surface area is 227 Å². The fourth-order valence-electron chi connectivity index (χ4n) is 4.51. The van der Waals surface area contributed by atoms with E-state index >= 15 is 0 Å². The zero-order valence-corrected chi connectivity index (χ0v) is 22.9. The number of hydrogen-bond donors (Lipinski definition) is 2. The summed E-state index contributed by atoms with van der Waals surface area (Å²) in [7, 11) is 1.53. The molecule has 1 atom stereocenters. The van der Waals surface area contributed by atoms with Gasteiger partial charge >= 0.3 is 0 Å². The average Bonchev–Trinajstić information content (AvgIpc) is 3.41. The first-order valence-electron chi connectivity index (χ1n) is 12.9. The van der Waals surface area contributed by atoms with Gasteiger partial charge in [0, 0.05) is 18.8 Å². The molecule has 0 aliphatic carbocycles. The normalized spacial score (nSPS) is 14.2. The summed E-state index contributed by atoms with van der Waals surface area (Å²) in [6.07, 6.45) is 1.43. The fourth-order valence-corrected chi connectivity index (χ4v) is 4.51. The minimum atomic E-state index is -0.608. The summed E-state index contributed by atoms with van der Waals surface area (Å²) in [6, 6.07) is 12.0. The van der Waals surface area contributed by atoms with E-state index in [-0.39, 0.29) is 18.4 Å². The predicted molar refractivity (Wildman–Crippen MR) is 147 cm³/mol. The van der Waals surface area contributed by atoms with Gasteiger partial charge in [-0.15, -0.1) is 0 Å². The topological polar surface area (TPSA) is 120 Å². The SMILES string of the molecule is CCOc1ccccc1NC(=O)C1=C(C)Nc2ncnn2C1c1ccc(OCC(=O)N(CC)CC)c(OC)c1. The Balaban J connectivity index is 1.67. The van der Waals surface area contributed by atoms with E-state index in [1.807, 2.05) is 45.9 Å². The summed E-state index contributed by atoms with van der Waals surface area (Å²) >= 11 is 0. The van der Waals surface area contributed by atoms with Gasteiger partial charge in [0.25, 0.3) is 11.8 Å². The van der Waals surface area contributed by atoms with Crippen LogP contribution in [0.1, 0.15) is 39.3 Å². The Morgan fingerprint density at radius 1 is 1.05 bits per heavy atom. The monoisotopic (exact) mass is 534 g/mol. The lowest BCUT2D eigenvalue weighted by molar-refractivity contribution is -0.133. The molecule has 0 radical (unpaired) electrons. The van der Waals surface area contributed by atoms with Crippen molar-refractivity contribution in [2.75, 3.05) is 44.0 Å². The van der Waals surface area contributed by atoms with E-state index in [0.29, 0.717) is 59.9 Å². The molecule has 2 amide bonds. The molecule has 1 aliphatic heterocycles. The molecule has 1 unspecified atom stereocenters. The lowest BCUT2D eigenvalue weighted by Gasteiger charge is -2.29. The summed E-state index contributed by atoms with van der Waals surface area (Å²) in [6.45, 7) is 9.13. The van der Waals surface area contributed by atoms with Crippen LogP contribution in [0.3, 0.4) is 0 Å². The number of fused-ring (bicyclic) bond motifs is 1. The Morgan fingerprint density at radius 2 is 1.82 bits per heavy atom. The predicted octanol–water partition coefficient (Wildman–Crippen LogP) is 3.86. The van der Waals surface area contributed by atoms with Gasteiger partial charge in [-0.2, -0.15) is 10.1 Å². The number of methoxy groups -OCH3 is 1. The number of allylic oxidation sites excluding steroid dienone is 1. The lowest BCUT2D eigenvalue weighted by atomic mass is 9.94. The van der Waals surface area contributed by atoms with Gasteiger partial charge in [0.2, 0.25) is 5.95 Å². The van der Waals surface area contributed by atoms with Crippen LogP contribution < -0.4 is 24.8 Å². The van der Waals surface area contributed by atoms with Gasteiger partial charge in [0.15, 0.2) is 18.1 Å². The molecule has 0 saturated heterocycles. The number of nitrogens with one attached hydrogen (secondary N) is 2. The number of likely N-dealkylation sites (N-methyl/N-ethyl adjacent to an activating group) is 1. The van der Waals surface area contributed by atoms with Crippen molar-refractivity contribution >= 4 is 23.5 Å². The van der Waals surface area contributed by atoms with Crippen LogP contribution in [0.15, 0.2) is 60.1 Å². The maximum atomic E-state index is 13.7. The summed E-state index contributed by atoms with van der Waals surface area (Å²) in [4.78, 5) is 32.2. The number of amides is 2. The van der Waals surface area contributed by atoms with Crippen LogP contribution in [-0.4, -0.2) is 64.9 Å². The quantitative estimate of drug-likeness (QED) is 0.381. The number of rotatable bonds is 11. The minimum absolute atomic E-state index is 0.107. The van der Waals surface area contributed by atoms with E-state index in [4.69, 9.17) is 14.2 Å². The van der Waals surface area contributed by atoms with Crippen LogP contribution in [0, 0.1) is 0 Å². The van der Waals surface area contributed by atoms with Crippen molar-refractivity contribution in [3.05, 3.63) is 65.6 Å². The van der Waals surface area contributed by atoms with Gasteiger partial charge in [0.05, 0.1) is 25.0 Å². The molecule has 4 rings (SSSR count).